The number of fused-ring (bicyclic) bond motifs is 1. The monoisotopic (exact) mass is 443 g/mol. The minimum Gasteiger partial charge on any atom is -0.476 e. The quantitative estimate of drug-likeness (QED) is 0.373. The van der Waals surface area contributed by atoms with E-state index in [9.17, 15) is 18.7 Å². The summed E-state index contributed by atoms with van der Waals surface area (Å²) in [7, 11) is 0. The van der Waals surface area contributed by atoms with E-state index in [1.165, 1.54) is 30.3 Å². The molecular weight excluding hydrogens is 424 g/mol. The number of carboxylic acid groups (broad SMARTS) is 1. The summed E-state index contributed by atoms with van der Waals surface area (Å²) in [6, 6.07) is 21.8. The number of benzene rings is 3. The number of nitrogens with zero attached hydrogens (tertiary/aromatic N) is 3. The van der Waals surface area contributed by atoms with E-state index in [2.05, 4.69) is 5.10 Å². The summed E-state index contributed by atoms with van der Waals surface area (Å²) in [5.41, 5.74) is 3.70. The van der Waals surface area contributed by atoms with Crippen LogP contribution in [0.3, 0.4) is 0 Å². The molecule has 0 radical (unpaired) electrons. The molecule has 0 spiro atoms. The van der Waals surface area contributed by atoms with Crippen molar-refractivity contribution in [2.24, 2.45) is 0 Å². The van der Waals surface area contributed by atoms with Crippen molar-refractivity contribution in [3.8, 4) is 11.3 Å². The third-order valence-electron chi connectivity index (χ3n) is 5.53. The van der Waals surface area contributed by atoms with Crippen LogP contribution in [-0.2, 0) is 13.1 Å². The molecule has 1 N–H and O–H groups in total. The third-order valence-corrected chi connectivity index (χ3v) is 5.53. The lowest BCUT2D eigenvalue weighted by Gasteiger charge is -2.07. The van der Waals surface area contributed by atoms with Gasteiger partial charge in [-0.3, -0.25) is 4.68 Å². The van der Waals surface area contributed by atoms with Crippen molar-refractivity contribution in [3.05, 3.63) is 114 Å². The fraction of sp³-hybridized carbons (Fsp3) is 0.0769. The highest BCUT2D eigenvalue weighted by molar-refractivity contribution is 5.96. The fourth-order valence-electron chi connectivity index (χ4n) is 4.08. The Kier molecular flexibility index (Phi) is 5.22. The molecule has 33 heavy (non-hydrogen) atoms. The third kappa shape index (κ3) is 4.13. The summed E-state index contributed by atoms with van der Waals surface area (Å²) in [5.74, 6) is -1.81. The van der Waals surface area contributed by atoms with Crippen LogP contribution in [0.5, 0.6) is 0 Å². The molecule has 0 aliphatic heterocycles. The number of halogens is 2. The number of carbonyl (C=O) groups is 1. The summed E-state index contributed by atoms with van der Waals surface area (Å²) in [5, 5.41) is 14.7. The Hall–Kier alpha value is -4.26. The van der Waals surface area contributed by atoms with E-state index in [4.69, 9.17) is 0 Å². The summed E-state index contributed by atoms with van der Waals surface area (Å²) in [4.78, 5) is 11.7. The molecule has 0 aliphatic rings. The van der Waals surface area contributed by atoms with E-state index in [0.29, 0.717) is 17.8 Å². The van der Waals surface area contributed by atoms with Gasteiger partial charge in [-0.15, -0.1) is 0 Å². The van der Waals surface area contributed by atoms with Gasteiger partial charge in [0, 0.05) is 29.2 Å². The van der Waals surface area contributed by atoms with Gasteiger partial charge >= 0.3 is 5.97 Å². The normalized spacial score (nSPS) is 11.2. The van der Waals surface area contributed by atoms with Gasteiger partial charge in [-0.05, 0) is 47.5 Å². The molecule has 5 aromatic rings. The van der Waals surface area contributed by atoms with Gasteiger partial charge in [0.05, 0.1) is 12.2 Å². The van der Waals surface area contributed by atoms with Gasteiger partial charge in [-0.25, -0.2) is 13.6 Å². The predicted octanol–water partition coefficient (Wildman–Crippen LogP) is 5.58. The number of aromatic carboxylic acids is 1. The van der Waals surface area contributed by atoms with Crippen LogP contribution in [0, 0.1) is 11.6 Å². The Morgan fingerprint density at radius 3 is 2.18 bits per heavy atom. The first-order valence-corrected chi connectivity index (χ1v) is 10.4. The average molecular weight is 443 g/mol. The highest BCUT2D eigenvalue weighted by atomic mass is 19.1. The van der Waals surface area contributed by atoms with Crippen molar-refractivity contribution in [1.29, 1.82) is 0 Å². The fourth-order valence-corrected chi connectivity index (χ4v) is 4.08. The molecule has 5 nitrogen and oxygen atoms in total. The first-order chi connectivity index (χ1) is 16.0. The van der Waals surface area contributed by atoms with E-state index < -0.39 is 5.97 Å². The van der Waals surface area contributed by atoms with Crippen LogP contribution in [0.15, 0.2) is 85.1 Å². The summed E-state index contributed by atoms with van der Waals surface area (Å²) >= 11 is 0. The van der Waals surface area contributed by atoms with Crippen LogP contribution >= 0.6 is 0 Å². The van der Waals surface area contributed by atoms with Crippen molar-refractivity contribution >= 4 is 16.9 Å². The predicted molar refractivity (Wildman–Crippen MR) is 121 cm³/mol. The van der Waals surface area contributed by atoms with Crippen molar-refractivity contribution in [1.82, 2.24) is 14.3 Å². The molecule has 0 bridgehead atoms. The first kappa shape index (κ1) is 20.6. The molecule has 3 aromatic carbocycles. The molecule has 0 atom stereocenters. The van der Waals surface area contributed by atoms with Crippen LogP contribution in [0.25, 0.3) is 22.2 Å². The molecule has 2 heterocycles. The Morgan fingerprint density at radius 1 is 0.848 bits per heavy atom. The first-order valence-electron chi connectivity index (χ1n) is 10.4. The minimum absolute atomic E-state index is 0.0941. The maximum Gasteiger partial charge on any atom is 0.356 e. The summed E-state index contributed by atoms with van der Waals surface area (Å²) < 4.78 is 31.0. The van der Waals surface area contributed by atoms with Crippen molar-refractivity contribution in [2.45, 2.75) is 13.1 Å². The number of hydrogen-bond acceptors (Lipinski definition) is 2. The van der Waals surface area contributed by atoms with Crippen LogP contribution in [0.2, 0.25) is 0 Å². The van der Waals surface area contributed by atoms with Gasteiger partial charge in [0.15, 0.2) is 5.69 Å². The second kappa shape index (κ2) is 8.35. The zero-order valence-electron chi connectivity index (χ0n) is 17.5. The standard InChI is InChI=1S/C26H19F2N3O2/c27-19-7-3-5-17(11-19)14-30-16-22(21-9-1-2-10-24(21)30)25-13-23(26(32)33)29-31(25)15-18-6-4-8-20(28)12-18/h1-13,16H,14-15H2,(H,32,33). The van der Waals surface area contributed by atoms with Gasteiger partial charge in [0.25, 0.3) is 0 Å². The van der Waals surface area contributed by atoms with Gasteiger partial charge in [-0.2, -0.15) is 5.10 Å². The van der Waals surface area contributed by atoms with Crippen LogP contribution < -0.4 is 0 Å². The Morgan fingerprint density at radius 2 is 1.52 bits per heavy atom. The molecule has 0 aliphatic carbocycles. The number of para-hydroxylation sites is 1. The molecule has 5 rings (SSSR count). The maximum atomic E-state index is 13.7. The summed E-state index contributed by atoms with van der Waals surface area (Å²) in [6.07, 6.45) is 1.92. The number of hydrogen-bond donors (Lipinski definition) is 1. The van der Waals surface area contributed by atoms with E-state index in [1.54, 1.807) is 22.9 Å². The van der Waals surface area contributed by atoms with Crippen molar-refractivity contribution in [2.75, 3.05) is 0 Å². The molecule has 0 unspecified atom stereocenters. The SMILES string of the molecule is O=C(O)c1cc(-c2cn(Cc3cccc(F)c3)c3ccccc23)n(Cc2cccc(F)c2)n1. The second-order valence-electron chi connectivity index (χ2n) is 7.83. The van der Waals surface area contributed by atoms with Crippen molar-refractivity contribution in [3.63, 3.8) is 0 Å². The molecule has 7 heteroatoms. The minimum atomic E-state index is -1.14. The van der Waals surface area contributed by atoms with Gasteiger partial charge in [0.2, 0.25) is 0 Å². The number of rotatable bonds is 6. The molecular formula is C26H19F2N3O2. The lowest BCUT2D eigenvalue weighted by atomic mass is 10.1. The van der Waals surface area contributed by atoms with E-state index >= 15 is 0 Å². The second-order valence-corrected chi connectivity index (χ2v) is 7.83. The Bertz CT molecular complexity index is 1490. The van der Waals surface area contributed by atoms with Crippen molar-refractivity contribution < 1.29 is 18.7 Å². The smallest absolute Gasteiger partial charge is 0.356 e. The molecule has 0 amide bonds. The largest absolute Gasteiger partial charge is 0.476 e. The topological polar surface area (TPSA) is 60.0 Å². The van der Waals surface area contributed by atoms with Gasteiger partial charge in [-0.1, -0.05) is 42.5 Å². The summed E-state index contributed by atoms with van der Waals surface area (Å²) in [6.45, 7) is 0.659. The van der Waals surface area contributed by atoms with Crippen LogP contribution in [-0.4, -0.2) is 25.4 Å². The average Bonchev–Trinajstić information content (AvgIpc) is 3.36. The Labute approximate surface area is 188 Å². The highest BCUT2D eigenvalue weighted by Gasteiger charge is 2.19. The highest BCUT2D eigenvalue weighted by Crippen LogP contribution is 2.32. The molecule has 164 valence electrons. The Balaban J connectivity index is 1.63. The molecule has 0 fully saturated rings. The molecule has 0 saturated carbocycles. The number of aromatic nitrogens is 3. The van der Waals surface area contributed by atoms with Gasteiger partial charge in [0.1, 0.15) is 11.6 Å². The van der Waals surface area contributed by atoms with E-state index in [0.717, 1.165) is 22.0 Å². The molecule has 0 saturated heterocycles. The van der Waals surface area contributed by atoms with E-state index in [1.807, 2.05) is 41.1 Å². The van der Waals surface area contributed by atoms with Crippen LogP contribution in [0.4, 0.5) is 8.78 Å². The zero-order chi connectivity index (χ0) is 22.9. The maximum absolute atomic E-state index is 13.7. The lowest BCUT2D eigenvalue weighted by molar-refractivity contribution is 0.0689. The van der Waals surface area contributed by atoms with E-state index in [-0.39, 0.29) is 23.9 Å². The molecule has 2 aromatic heterocycles. The zero-order valence-corrected chi connectivity index (χ0v) is 17.5. The van der Waals surface area contributed by atoms with Gasteiger partial charge < -0.3 is 9.67 Å². The number of carboxylic acids is 1. The lowest BCUT2D eigenvalue weighted by Crippen LogP contribution is -2.06. The van der Waals surface area contributed by atoms with Crippen LogP contribution in [0.1, 0.15) is 21.6 Å².